The van der Waals surface area contributed by atoms with Gasteiger partial charge < -0.3 is 18.8 Å². The Morgan fingerprint density at radius 1 is 1.06 bits per heavy atom. The highest BCUT2D eigenvalue weighted by Crippen LogP contribution is 2.40. The molecule has 1 N–H and O–H groups in total. The van der Waals surface area contributed by atoms with Crippen LogP contribution >= 0.6 is 0 Å². The molecule has 0 aliphatic carbocycles. The fourth-order valence-electron chi connectivity index (χ4n) is 4.13. The van der Waals surface area contributed by atoms with Crippen molar-refractivity contribution in [2.45, 2.75) is 25.9 Å². The van der Waals surface area contributed by atoms with Crippen molar-refractivity contribution in [3.8, 4) is 0 Å². The zero-order chi connectivity index (χ0) is 22.2. The molecular weight excluding hydrogens is 406 g/mol. The summed E-state index contributed by atoms with van der Waals surface area (Å²) >= 11 is 0. The fraction of sp³-hybridized carbons (Fsp3) is 0.154. The van der Waals surface area contributed by atoms with Gasteiger partial charge >= 0.3 is 0 Å². The normalized spacial score (nSPS) is 16.3. The summed E-state index contributed by atoms with van der Waals surface area (Å²) in [6.07, 6.45) is 2.39. The molecule has 2 aromatic carbocycles. The second-order valence-corrected chi connectivity index (χ2v) is 7.75. The van der Waals surface area contributed by atoms with Crippen LogP contribution in [0.4, 0.5) is 0 Å². The Bertz CT molecular complexity index is 1300. The maximum atomic E-state index is 13.5. The Hall–Kier alpha value is -4.06. The first-order valence-corrected chi connectivity index (χ1v) is 10.5. The number of fused-ring (bicyclic) bond motifs is 1. The molecule has 32 heavy (non-hydrogen) atoms. The van der Waals surface area contributed by atoms with Gasteiger partial charge in [-0.1, -0.05) is 49.4 Å². The molecule has 6 nitrogen and oxygen atoms in total. The molecule has 2 aromatic heterocycles. The van der Waals surface area contributed by atoms with E-state index in [2.05, 4.69) is 6.92 Å². The van der Waals surface area contributed by atoms with Crippen LogP contribution < -0.4 is 0 Å². The van der Waals surface area contributed by atoms with Gasteiger partial charge in [0.15, 0.2) is 11.5 Å². The largest absolute Gasteiger partial charge is 0.503 e. The van der Waals surface area contributed by atoms with Crippen LogP contribution in [0.1, 0.15) is 40.4 Å². The van der Waals surface area contributed by atoms with Crippen molar-refractivity contribution in [1.29, 1.82) is 0 Å². The minimum absolute atomic E-state index is 0.00450. The average molecular weight is 427 g/mol. The molecule has 6 heteroatoms. The topological polar surface area (TPSA) is 83.9 Å². The second kappa shape index (κ2) is 7.89. The van der Waals surface area contributed by atoms with Gasteiger partial charge in [-0.05, 0) is 41.8 Å². The van der Waals surface area contributed by atoms with E-state index in [-0.39, 0.29) is 17.9 Å². The summed E-state index contributed by atoms with van der Waals surface area (Å²) in [6.45, 7) is 2.17. The van der Waals surface area contributed by atoms with Gasteiger partial charge in [0.2, 0.25) is 5.78 Å². The highest BCUT2D eigenvalue weighted by Gasteiger charge is 2.44. The van der Waals surface area contributed by atoms with Gasteiger partial charge in [-0.25, -0.2) is 0 Å². The highest BCUT2D eigenvalue weighted by atomic mass is 16.3. The fourth-order valence-corrected chi connectivity index (χ4v) is 4.13. The van der Waals surface area contributed by atoms with Crippen LogP contribution in [0, 0.1) is 0 Å². The van der Waals surface area contributed by atoms with Crippen LogP contribution in [-0.4, -0.2) is 21.7 Å². The summed E-state index contributed by atoms with van der Waals surface area (Å²) in [4.78, 5) is 28.0. The van der Waals surface area contributed by atoms with E-state index in [0.717, 1.165) is 22.9 Å². The number of para-hydroxylation sites is 1. The number of aliphatic hydroxyl groups excluding tert-OH is 1. The van der Waals surface area contributed by atoms with Crippen molar-refractivity contribution < 1.29 is 23.5 Å². The lowest BCUT2D eigenvalue weighted by Crippen LogP contribution is -2.30. The first-order valence-electron chi connectivity index (χ1n) is 10.5. The quantitative estimate of drug-likeness (QED) is 0.419. The maximum Gasteiger partial charge on any atom is 0.290 e. The average Bonchev–Trinajstić information content (AvgIpc) is 3.54. The third-order valence-corrected chi connectivity index (χ3v) is 5.81. The first kappa shape index (κ1) is 19.9. The van der Waals surface area contributed by atoms with E-state index in [1.807, 2.05) is 42.5 Å². The van der Waals surface area contributed by atoms with E-state index in [1.54, 1.807) is 24.3 Å². The van der Waals surface area contributed by atoms with Gasteiger partial charge in [-0.3, -0.25) is 9.59 Å². The highest BCUT2D eigenvalue weighted by molar-refractivity contribution is 6.15. The minimum Gasteiger partial charge on any atom is -0.503 e. The molecule has 1 aliphatic rings. The third-order valence-electron chi connectivity index (χ3n) is 5.81. The predicted molar refractivity (Wildman–Crippen MR) is 118 cm³/mol. The third kappa shape index (κ3) is 3.30. The summed E-state index contributed by atoms with van der Waals surface area (Å²) in [7, 11) is 0. The van der Waals surface area contributed by atoms with Gasteiger partial charge in [0, 0.05) is 5.39 Å². The zero-order valence-electron chi connectivity index (χ0n) is 17.4. The number of hydrogen-bond acceptors (Lipinski definition) is 5. The molecule has 0 bridgehead atoms. The van der Waals surface area contributed by atoms with Crippen LogP contribution in [0.3, 0.4) is 0 Å². The SMILES string of the molecule is CCc1ccc(C2C(C(=O)c3cc4ccccc4o3)=C(O)C(=O)N2Cc2ccco2)cc1. The van der Waals surface area contributed by atoms with Crippen LogP contribution in [0.2, 0.25) is 0 Å². The van der Waals surface area contributed by atoms with Crippen LogP contribution in [0.25, 0.3) is 11.0 Å². The van der Waals surface area contributed by atoms with E-state index in [4.69, 9.17) is 8.83 Å². The van der Waals surface area contributed by atoms with Crippen molar-refractivity contribution >= 4 is 22.7 Å². The number of Topliss-reactive ketones (excluding diaryl/α,β-unsaturated/α-hetero) is 1. The number of benzene rings is 2. The summed E-state index contributed by atoms with van der Waals surface area (Å²) in [5, 5.41) is 11.6. The van der Waals surface area contributed by atoms with E-state index in [9.17, 15) is 14.7 Å². The number of aliphatic hydroxyl groups is 1. The lowest BCUT2D eigenvalue weighted by atomic mass is 9.94. The predicted octanol–water partition coefficient (Wildman–Crippen LogP) is 5.37. The molecule has 0 saturated heterocycles. The van der Waals surface area contributed by atoms with Gasteiger partial charge in [-0.15, -0.1) is 0 Å². The van der Waals surface area contributed by atoms with Crippen LogP contribution in [0.5, 0.6) is 0 Å². The molecular formula is C26H21NO5. The molecule has 1 amide bonds. The monoisotopic (exact) mass is 427 g/mol. The van der Waals surface area contributed by atoms with Gasteiger partial charge in [-0.2, -0.15) is 0 Å². The van der Waals surface area contributed by atoms with Crippen molar-refractivity contribution in [3.05, 3.63) is 107 Å². The Balaban J connectivity index is 1.60. The molecule has 0 fully saturated rings. The smallest absolute Gasteiger partial charge is 0.290 e. The molecule has 4 aromatic rings. The Morgan fingerprint density at radius 3 is 2.53 bits per heavy atom. The number of nitrogens with zero attached hydrogens (tertiary/aromatic N) is 1. The van der Waals surface area contributed by atoms with Gasteiger partial charge in [0.05, 0.1) is 24.4 Å². The molecule has 0 radical (unpaired) electrons. The molecule has 160 valence electrons. The molecule has 1 aliphatic heterocycles. The molecule has 1 unspecified atom stereocenters. The summed E-state index contributed by atoms with van der Waals surface area (Å²) in [5.74, 6) is -1.06. The van der Waals surface area contributed by atoms with Crippen molar-refractivity contribution in [1.82, 2.24) is 4.90 Å². The Morgan fingerprint density at radius 2 is 1.84 bits per heavy atom. The molecule has 0 saturated carbocycles. The van der Waals surface area contributed by atoms with Crippen molar-refractivity contribution in [2.24, 2.45) is 0 Å². The standard InChI is InChI=1S/C26H21NO5/c1-2-16-9-11-17(12-10-16)23-22(24(28)21-14-18-6-3-4-8-20(18)32-21)25(29)26(30)27(23)15-19-7-5-13-31-19/h3-14,23,29H,2,15H2,1H3. The number of carbonyl (C=O) groups excluding carboxylic acids is 2. The number of hydrogen-bond donors (Lipinski definition) is 1. The van der Waals surface area contributed by atoms with Gasteiger partial charge in [0.1, 0.15) is 11.3 Å². The maximum absolute atomic E-state index is 13.5. The summed E-state index contributed by atoms with van der Waals surface area (Å²) < 4.78 is 11.2. The van der Waals surface area contributed by atoms with Crippen LogP contribution in [0.15, 0.2) is 93.2 Å². The molecule has 0 spiro atoms. The number of rotatable bonds is 6. The molecule has 5 rings (SSSR count). The summed E-state index contributed by atoms with van der Waals surface area (Å²) in [6, 6.07) is 19.3. The number of ketones is 1. The lowest BCUT2D eigenvalue weighted by molar-refractivity contribution is -0.130. The number of amides is 1. The van der Waals surface area contributed by atoms with E-state index in [0.29, 0.717) is 11.3 Å². The summed E-state index contributed by atoms with van der Waals surface area (Å²) in [5.41, 5.74) is 2.43. The van der Waals surface area contributed by atoms with E-state index >= 15 is 0 Å². The second-order valence-electron chi connectivity index (χ2n) is 7.75. The Kier molecular flexibility index (Phi) is 4.90. The van der Waals surface area contributed by atoms with Gasteiger partial charge in [0.25, 0.3) is 5.91 Å². The van der Waals surface area contributed by atoms with Crippen LogP contribution in [-0.2, 0) is 17.8 Å². The number of furan rings is 2. The van der Waals surface area contributed by atoms with E-state index in [1.165, 1.54) is 11.2 Å². The van der Waals surface area contributed by atoms with Crippen molar-refractivity contribution in [3.63, 3.8) is 0 Å². The lowest BCUT2D eigenvalue weighted by Gasteiger charge is -2.26. The number of aryl methyl sites for hydroxylation is 1. The number of carbonyl (C=O) groups is 2. The molecule has 1 atom stereocenters. The van der Waals surface area contributed by atoms with E-state index < -0.39 is 23.5 Å². The first-order chi connectivity index (χ1) is 15.6. The molecule has 3 heterocycles. The van der Waals surface area contributed by atoms with Crippen molar-refractivity contribution in [2.75, 3.05) is 0 Å². The minimum atomic E-state index is -0.765. The Labute approximate surface area is 184 Å². The zero-order valence-corrected chi connectivity index (χ0v) is 17.4.